The Balaban J connectivity index is 1.23. The van der Waals surface area contributed by atoms with Gasteiger partial charge in [0.05, 0.1) is 11.7 Å². The lowest BCUT2D eigenvalue weighted by molar-refractivity contribution is -0.155. The summed E-state index contributed by atoms with van der Waals surface area (Å²) in [5, 5.41) is 9.29. The van der Waals surface area contributed by atoms with E-state index in [0.717, 1.165) is 43.6 Å². The SMILES string of the molecule is O=C1CCC(N2Cc3cccc(CNCC4CNCC5(CCC5)O4)c3C2=O)C(=O)N1. The maximum atomic E-state index is 13.1. The van der Waals surface area contributed by atoms with E-state index in [4.69, 9.17) is 4.74 Å². The number of fused-ring (bicyclic) bond motifs is 1. The molecule has 3 amide bonds. The minimum atomic E-state index is -0.580. The number of piperidine rings is 1. The molecular weight excluding hydrogens is 384 g/mol. The summed E-state index contributed by atoms with van der Waals surface area (Å²) in [5.74, 6) is -0.770. The second-order valence-electron chi connectivity index (χ2n) is 8.89. The number of hydrogen-bond acceptors (Lipinski definition) is 6. The molecule has 0 aromatic heterocycles. The fourth-order valence-corrected chi connectivity index (χ4v) is 5.08. The first-order chi connectivity index (χ1) is 14.5. The first kappa shape index (κ1) is 19.7. The maximum Gasteiger partial charge on any atom is 0.255 e. The van der Waals surface area contributed by atoms with Gasteiger partial charge in [-0.3, -0.25) is 19.7 Å². The molecule has 1 spiro atoms. The molecule has 4 aliphatic rings. The molecule has 3 fully saturated rings. The number of nitrogens with zero attached hydrogens (tertiary/aromatic N) is 1. The number of carbonyl (C=O) groups is 3. The highest BCUT2D eigenvalue weighted by Crippen LogP contribution is 2.37. The number of hydrogen-bond donors (Lipinski definition) is 3. The van der Waals surface area contributed by atoms with Crippen LogP contribution in [0.3, 0.4) is 0 Å². The van der Waals surface area contributed by atoms with Gasteiger partial charge in [-0.05, 0) is 36.8 Å². The summed E-state index contributed by atoms with van der Waals surface area (Å²) >= 11 is 0. The summed E-state index contributed by atoms with van der Waals surface area (Å²) in [5.41, 5.74) is 2.60. The summed E-state index contributed by atoms with van der Waals surface area (Å²) < 4.78 is 6.31. The van der Waals surface area contributed by atoms with Crippen LogP contribution in [0.4, 0.5) is 0 Å². The molecule has 5 rings (SSSR count). The standard InChI is InChI=1S/C22H28N4O4/c27-18-6-5-17(20(28)25-18)26-12-15-4-1-3-14(19(15)21(26)29)9-23-10-16-11-24-13-22(30-16)7-2-8-22/h1,3-4,16-17,23-24H,2,5-13H2,(H,25,27,28). The van der Waals surface area contributed by atoms with E-state index in [-0.39, 0.29) is 35.8 Å². The molecule has 3 aliphatic heterocycles. The van der Waals surface area contributed by atoms with E-state index in [2.05, 4.69) is 16.0 Å². The molecule has 1 aliphatic carbocycles. The minimum Gasteiger partial charge on any atom is -0.368 e. The Kier molecular flexibility index (Phi) is 5.08. The van der Waals surface area contributed by atoms with Crippen molar-refractivity contribution in [1.29, 1.82) is 0 Å². The second kappa shape index (κ2) is 7.76. The van der Waals surface area contributed by atoms with Crippen molar-refractivity contribution < 1.29 is 19.1 Å². The number of ether oxygens (including phenoxy) is 1. The Hall–Kier alpha value is -2.29. The number of imide groups is 1. The number of carbonyl (C=O) groups excluding carboxylic acids is 3. The van der Waals surface area contributed by atoms with Crippen LogP contribution in [0, 0.1) is 0 Å². The third-order valence-corrected chi connectivity index (χ3v) is 6.83. The number of morpholine rings is 1. The van der Waals surface area contributed by atoms with Gasteiger partial charge in [0, 0.05) is 44.7 Å². The highest BCUT2D eigenvalue weighted by Gasteiger charge is 2.42. The monoisotopic (exact) mass is 412 g/mol. The van der Waals surface area contributed by atoms with Crippen LogP contribution in [0.1, 0.15) is 53.6 Å². The Morgan fingerprint density at radius 2 is 2.10 bits per heavy atom. The van der Waals surface area contributed by atoms with E-state index in [0.29, 0.717) is 25.1 Å². The summed E-state index contributed by atoms with van der Waals surface area (Å²) in [6.45, 7) is 3.49. The molecule has 1 saturated carbocycles. The predicted molar refractivity (Wildman–Crippen MR) is 109 cm³/mol. The lowest BCUT2D eigenvalue weighted by Gasteiger charge is -2.47. The van der Waals surface area contributed by atoms with Crippen molar-refractivity contribution >= 4 is 17.7 Å². The fourth-order valence-electron chi connectivity index (χ4n) is 5.08. The summed E-state index contributed by atoms with van der Waals surface area (Å²) in [4.78, 5) is 38.4. The van der Waals surface area contributed by atoms with E-state index in [1.54, 1.807) is 4.90 Å². The number of rotatable bonds is 5. The highest BCUT2D eigenvalue weighted by atomic mass is 16.5. The fraction of sp³-hybridized carbons (Fsp3) is 0.591. The molecule has 3 N–H and O–H groups in total. The van der Waals surface area contributed by atoms with Gasteiger partial charge in [-0.2, -0.15) is 0 Å². The molecule has 0 bridgehead atoms. The normalized spacial score (nSPS) is 27.7. The van der Waals surface area contributed by atoms with Crippen molar-refractivity contribution in [2.45, 2.75) is 62.9 Å². The molecule has 8 nitrogen and oxygen atoms in total. The third kappa shape index (κ3) is 3.53. The van der Waals surface area contributed by atoms with Gasteiger partial charge >= 0.3 is 0 Å². The van der Waals surface area contributed by atoms with Crippen LogP contribution in [0.2, 0.25) is 0 Å². The molecule has 0 radical (unpaired) electrons. The second-order valence-corrected chi connectivity index (χ2v) is 8.89. The summed E-state index contributed by atoms with van der Waals surface area (Å²) in [6.07, 6.45) is 4.28. The van der Waals surface area contributed by atoms with Crippen LogP contribution in [0.25, 0.3) is 0 Å². The van der Waals surface area contributed by atoms with E-state index in [1.807, 2.05) is 18.2 Å². The van der Waals surface area contributed by atoms with Crippen LogP contribution in [0.15, 0.2) is 18.2 Å². The Morgan fingerprint density at radius 3 is 2.87 bits per heavy atom. The molecule has 2 unspecified atom stereocenters. The van der Waals surface area contributed by atoms with E-state index >= 15 is 0 Å². The topological polar surface area (TPSA) is 99.8 Å². The molecule has 1 aromatic carbocycles. The van der Waals surface area contributed by atoms with Gasteiger partial charge in [-0.25, -0.2) is 0 Å². The van der Waals surface area contributed by atoms with Crippen molar-refractivity contribution in [3.8, 4) is 0 Å². The average Bonchev–Trinajstić information content (AvgIpc) is 3.04. The number of benzene rings is 1. The van der Waals surface area contributed by atoms with Crippen LogP contribution >= 0.6 is 0 Å². The molecule has 30 heavy (non-hydrogen) atoms. The Bertz CT molecular complexity index is 882. The van der Waals surface area contributed by atoms with Crippen molar-refractivity contribution in [2.75, 3.05) is 19.6 Å². The zero-order valence-electron chi connectivity index (χ0n) is 17.0. The smallest absolute Gasteiger partial charge is 0.255 e. The van der Waals surface area contributed by atoms with E-state index < -0.39 is 6.04 Å². The van der Waals surface area contributed by atoms with Gasteiger partial charge in [0.1, 0.15) is 6.04 Å². The third-order valence-electron chi connectivity index (χ3n) is 6.83. The largest absolute Gasteiger partial charge is 0.368 e. The lowest BCUT2D eigenvalue weighted by Crippen LogP contribution is -2.59. The molecule has 8 heteroatoms. The maximum absolute atomic E-state index is 13.1. The number of nitrogens with one attached hydrogen (secondary N) is 3. The van der Waals surface area contributed by atoms with Crippen molar-refractivity contribution in [1.82, 2.24) is 20.9 Å². The average molecular weight is 412 g/mol. The quantitative estimate of drug-likeness (QED) is 0.608. The molecular formula is C22H28N4O4. The van der Waals surface area contributed by atoms with Crippen LogP contribution in [-0.2, 0) is 27.4 Å². The van der Waals surface area contributed by atoms with Gasteiger partial charge in [0.2, 0.25) is 11.8 Å². The molecule has 1 aromatic rings. The van der Waals surface area contributed by atoms with Gasteiger partial charge in [0.15, 0.2) is 0 Å². The summed E-state index contributed by atoms with van der Waals surface area (Å²) in [7, 11) is 0. The zero-order chi connectivity index (χ0) is 20.7. The van der Waals surface area contributed by atoms with Gasteiger partial charge in [-0.15, -0.1) is 0 Å². The van der Waals surface area contributed by atoms with E-state index in [9.17, 15) is 14.4 Å². The zero-order valence-corrected chi connectivity index (χ0v) is 17.0. The van der Waals surface area contributed by atoms with Gasteiger partial charge in [0.25, 0.3) is 5.91 Å². The number of amides is 3. The van der Waals surface area contributed by atoms with Crippen molar-refractivity contribution in [3.63, 3.8) is 0 Å². The van der Waals surface area contributed by atoms with E-state index in [1.165, 1.54) is 6.42 Å². The molecule has 3 heterocycles. The first-order valence-corrected chi connectivity index (χ1v) is 10.9. The first-order valence-electron chi connectivity index (χ1n) is 10.9. The highest BCUT2D eigenvalue weighted by molar-refractivity contribution is 6.05. The van der Waals surface area contributed by atoms with Crippen LogP contribution < -0.4 is 16.0 Å². The van der Waals surface area contributed by atoms with Gasteiger partial charge in [-0.1, -0.05) is 18.2 Å². The predicted octanol–water partition coefficient (Wildman–Crippen LogP) is 0.448. The lowest BCUT2D eigenvalue weighted by atomic mass is 9.79. The van der Waals surface area contributed by atoms with Gasteiger partial charge < -0.3 is 20.3 Å². The minimum absolute atomic E-state index is 0.0387. The molecule has 2 atom stereocenters. The molecule has 2 saturated heterocycles. The van der Waals surface area contributed by atoms with Crippen molar-refractivity contribution in [2.24, 2.45) is 0 Å². The van der Waals surface area contributed by atoms with Crippen LogP contribution in [-0.4, -0.2) is 60.0 Å². The molecule has 160 valence electrons. The Morgan fingerprint density at radius 1 is 1.23 bits per heavy atom. The van der Waals surface area contributed by atoms with Crippen LogP contribution in [0.5, 0.6) is 0 Å². The summed E-state index contributed by atoms with van der Waals surface area (Å²) in [6, 6.07) is 5.28. The van der Waals surface area contributed by atoms with Crippen molar-refractivity contribution in [3.05, 3.63) is 34.9 Å². The Labute approximate surface area is 175 Å².